The summed E-state index contributed by atoms with van der Waals surface area (Å²) < 4.78 is 0. The van der Waals surface area contributed by atoms with Crippen molar-refractivity contribution in [3.05, 3.63) is 34.4 Å². The zero-order valence-corrected chi connectivity index (χ0v) is 13.7. The van der Waals surface area contributed by atoms with Crippen molar-refractivity contribution < 1.29 is 0 Å². The molecule has 0 nitrogen and oxygen atoms in total. The SMILES string of the molecule is CCCCCc1cc(C)c(CCCC(C)C)c(C)c1. The number of benzene rings is 1. The Bertz CT molecular complexity index is 351. The summed E-state index contributed by atoms with van der Waals surface area (Å²) in [5.41, 5.74) is 6.15. The van der Waals surface area contributed by atoms with E-state index < -0.39 is 0 Å². The molecule has 1 rings (SSSR count). The molecule has 0 aliphatic carbocycles. The van der Waals surface area contributed by atoms with Crippen LogP contribution in [-0.2, 0) is 12.8 Å². The maximum Gasteiger partial charge on any atom is -0.0274 e. The Morgan fingerprint density at radius 1 is 0.895 bits per heavy atom. The highest BCUT2D eigenvalue weighted by Gasteiger charge is 2.06. The monoisotopic (exact) mass is 260 g/mol. The van der Waals surface area contributed by atoms with Gasteiger partial charge in [0.1, 0.15) is 0 Å². The molecule has 0 aromatic heterocycles. The Morgan fingerprint density at radius 3 is 2.05 bits per heavy atom. The summed E-state index contributed by atoms with van der Waals surface area (Å²) >= 11 is 0. The third kappa shape index (κ3) is 5.80. The third-order valence-electron chi connectivity index (χ3n) is 4.03. The van der Waals surface area contributed by atoms with Crippen molar-refractivity contribution >= 4 is 0 Å². The molecule has 108 valence electrons. The van der Waals surface area contributed by atoms with Crippen molar-refractivity contribution in [3.8, 4) is 0 Å². The predicted molar refractivity (Wildman–Crippen MR) is 86.9 cm³/mol. The van der Waals surface area contributed by atoms with Crippen LogP contribution in [0.15, 0.2) is 12.1 Å². The summed E-state index contributed by atoms with van der Waals surface area (Å²) in [4.78, 5) is 0. The zero-order chi connectivity index (χ0) is 14.3. The van der Waals surface area contributed by atoms with Gasteiger partial charge >= 0.3 is 0 Å². The lowest BCUT2D eigenvalue weighted by Crippen LogP contribution is -1.99. The minimum Gasteiger partial charge on any atom is -0.0654 e. The Labute approximate surface area is 120 Å². The van der Waals surface area contributed by atoms with E-state index in [1.54, 1.807) is 5.56 Å². The molecule has 0 saturated heterocycles. The molecule has 0 spiro atoms. The molecule has 0 radical (unpaired) electrons. The standard InChI is InChI=1S/C19H32/c1-6-7-8-11-18-13-16(4)19(17(5)14-18)12-9-10-15(2)3/h13-15H,6-12H2,1-5H3. The molecule has 0 aliphatic rings. The molecule has 0 bridgehead atoms. The number of aryl methyl sites for hydroxylation is 3. The van der Waals surface area contributed by atoms with E-state index in [1.165, 1.54) is 61.6 Å². The molecule has 0 N–H and O–H groups in total. The first-order valence-corrected chi connectivity index (χ1v) is 8.13. The van der Waals surface area contributed by atoms with Gasteiger partial charge in [0.2, 0.25) is 0 Å². The van der Waals surface area contributed by atoms with Gasteiger partial charge in [0.15, 0.2) is 0 Å². The van der Waals surface area contributed by atoms with Crippen LogP contribution in [-0.4, -0.2) is 0 Å². The summed E-state index contributed by atoms with van der Waals surface area (Å²) in [5.74, 6) is 0.828. The van der Waals surface area contributed by atoms with Gasteiger partial charge in [-0.15, -0.1) is 0 Å². The van der Waals surface area contributed by atoms with E-state index >= 15 is 0 Å². The van der Waals surface area contributed by atoms with Crippen molar-refractivity contribution in [3.63, 3.8) is 0 Å². The first-order valence-electron chi connectivity index (χ1n) is 8.13. The lowest BCUT2D eigenvalue weighted by Gasteiger charge is -2.13. The molecule has 0 fully saturated rings. The molecule has 1 aromatic rings. The smallest absolute Gasteiger partial charge is 0.0274 e. The van der Waals surface area contributed by atoms with E-state index in [4.69, 9.17) is 0 Å². The second kappa shape index (κ2) is 8.40. The van der Waals surface area contributed by atoms with Crippen molar-refractivity contribution in [2.75, 3.05) is 0 Å². The molecule has 0 unspecified atom stereocenters. The second-order valence-corrected chi connectivity index (χ2v) is 6.45. The number of hydrogen-bond donors (Lipinski definition) is 0. The van der Waals surface area contributed by atoms with Gasteiger partial charge in [0.05, 0.1) is 0 Å². The summed E-state index contributed by atoms with van der Waals surface area (Å²) in [5, 5.41) is 0. The van der Waals surface area contributed by atoms with Crippen LogP contribution >= 0.6 is 0 Å². The molecule has 0 saturated carbocycles. The second-order valence-electron chi connectivity index (χ2n) is 6.45. The fourth-order valence-electron chi connectivity index (χ4n) is 2.89. The van der Waals surface area contributed by atoms with Gasteiger partial charge in [-0.2, -0.15) is 0 Å². The van der Waals surface area contributed by atoms with E-state index in [1.807, 2.05) is 0 Å². The van der Waals surface area contributed by atoms with E-state index in [2.05, 4.69) is 46.8 Å². The molecule has 0 heteroatoms. The van der Waals surface area contributed by atoms with Crippen molar-refractivity contribution in [1.82, 2.24) is 0 Å². The third-order valence-corrected chi connectivity index (χ3v) is 4.03. The molecule has 0 heterocycles. The van der Waals surface area contributed by atoms with E-state index in [9.17, 15) is 0 Å². The minimum atomic E-state index is 0.828. The normalized spacial score (nSPS) is 11.3. The van der Waals surface area contributed by atoms with Gasteiger partial charge in [-0.05, 0) is 67.7 Å². The highest BCUT2D eigenvalue weighted by molar-refractivity contribution is 5.38. The predicted octanol–water partition coefficient (Wildman–Crippen LogP) is 6.01. The molecule has 0 amide bonds. The quantitative estimate of drug-likeness (QED) is 0.502. The van der Waals surface area contributed by atoms with Crippen LogP contribution in [0.3, 0.4) is 0 Å². The Kier molecular flexibility index (Phi) is 7.20. The summed E-state index contributed by atoms with van der Waals surface area (Å²) in [6.07, 6.45) is 9.18. The van der Waals surface area contributed by atoms with Crippen molar-refractivity contribution in [2.45, 2.75) is 79.6 Å². The fourth-order valence-corrected chi connectivity index (χ4v) is 2.89. The van der Waals surface area contributed by atoms with Crippen LogP contribution < -0.4 is 0 Å². The molecule has 1 aromatic carbocycles. The zero-order valence-electron chi connectivity index (χ0n) is 13.7. The Balaban J connectivity index is 2.63. The molecule has 0 aliphatic heterocycles. The van der Waals surface area contributed by atoms with E-state index in [0.29, 0.717) is 0 Å². The number of hydrogen-bond acceptors (Lipinski definition) is 0. The van der Waals surface area contributed by atoms with Gasteiger partial charge < -0.3 is 0 Å². The fraction of sp³-hybridized carbons (Fsp3) is 0.684. The van der Waals surface area contributed by atoms with E-state index in [0.717, 1.165) is 5.92 Å². The molecule has 19 heavy (non-hydrogen) atoms. The average molecular weight is 260 g/mol. The van der Waals surface area contributed by atoms with Gasteiger partial charge in [0.25, 0.3) is 0 Å². The van der Waals surface area contributed by atoms with Crippen LogP contribution in [0.4, 0.5) is 0 Å². The highest BCUT2D eigenvalue weighted by Crippen LogP contribution is 2.21. The van der Waals surface area contributed by atoms with Crippen LogP contribution in [0.25, 0.3) is 0 Å². The summed E-state index contributed by atoms with van der Waals surface area (Å²) in [6.45, 7) is 11.5. The van der Waals surface area contributed by atoms with Crippen LogP contribution in [0.2, 0.25) is 0 Å². The van der Waals surface area contributed by atoms with Gasteiger partial charge in [-0.3, -0.25) is 0 Å². The van der Waals surface area contributed by atoms with Crippen LogP contribution in [0, 0.1) is 19.8 Å². The first kappa shape index (κ1) is 16.3. The Hall–Kier alpha value is -0.780. The number of rotatable bonds is 8. The van der Waals surface area contributed by atoms with Gasteiger partial charge in [-0.25, -0.2) is 0 Å². The lowest BCUT2D eigenvalue weighted by atomic mass is 9.92. The summed E-state index contributed by atoms with van der Waals surface area (Å²) in [6, 6.07) is 4.85. The largest absolute Gasteiger partial charge is 0.0654 e. The summed E-state index contributed by atoms with van der Waals surface area (Å²) in [7, 11) is 0. The van der Waals surface area contributed by atoms with Gasteiger partial charge in [0, 0.05) is 0 Å². The van der Waals surface area contributed by atoms with Crippen LogP contribution in [0.5, 0.6) is 0 Å². The van der Waals surface area contributed by atoms with Crippen molar-refractivity contribution in [2.24, 2.45) is 5.92 Å². The Morgan fingerprint density at radius 2 is 1.53 bits per heavy atom. The average Bonchev–Trinajstić information content (AvgIpc) is 2.32. The molecular formula is C19H32. The van der Waals surface area contributed by atoms with Crippen LogP contribution in [0.1, 0.15) is 75.1 Å². The maximum absolute atomic E-state index is 2.42. The van der Waals surface area contributed by atoms with E-state index in [-0.39, 0.29) is 0 Å². The van der Waals surface area contributed by atoms with Crippen molar-refractivity contribution in [1.29, 1.82) is 0 Å². The first-order chi connectivity index (χ1) is 9.04. The minimum absolute atomic E-state index is 0.828. The highest BCUT2D eigenvalue weighted by atomic mass is 14.1. The number of unbranched alkanes of at least 4 members (excludes halogenated alkanes) is 2. The lowest BCUT2D eigenvalue weighted by molar-refractivity contribution is 0.554. The molecular weight excluding hydrogens is 228 g/mol. The maximum atomic E-state index is 2.42. The van der Waals surface area contributed by atoms with Gasteiger partial charge in [-0.1, -0.05) is 52.2 Å². The molecule has 0 atom stereocenters. The topological polar surface area (TPSA) is 0 Å².